The quantitative estimate of drug-likeness (QED) is 0.612. The third kappa shape index (κ3) is 5.22. The molecular formula is C25H33N7O. The number of aryl methyl sites for hydroxylation is 1. The zero-order chi connectivity index (χ0) is 23.4. The first-order valence-electron chi connectivity index (χ1n) is 11.7. The summed E-state index contributed by atoms with van der Waals surface area (Å²) in [7, 11) is 0. The van der Waals surface area contributed by atoms with Gasteiger partial charge in [0.15, 0.2) is 0 Å². The van der Waals surface area contributed by atoms with Crippen molar-refractivity contribution < 1.29 is 4.79 Å². The molecule has 0 atom stereocenters. The molecule has 1 N–H and O–H groups in total. The third-order valence-corrected chi connectivity index (χ3v) is 6.13. The highest BCUT2D eigenvalue weighted by Gasteiger charge is 2.19. The average Bonchev–Trinajstić information content (AvgIpc) is 3.05. The Morgan fingerprint density at radius 3 is 2.58 bits per heavy atom. The van der Waals surface area contributed by atoms with Gasteiger partial charge in [-0.25, -0.2) is 15.0 Å². The van der Waals surface area contributed by atoms with Gasteiger partial charge in [0.25, 0.3) is 5.91 Å². The third-order valence-electron chi connectivity index (χ3n) is 6.13. The van der Waals surface area contributed by atoms with Crippen molar-refractivity contribution in [2.24, 2.45) is 0 Å². The predicted octanol–water partition coefficient (Wildman–Crippen LogP) is 4.14. The first-order chi connectivity index (χ1) is 16.0. The smallest absolute Gasteiger partial charge is 0.253 e. The lowest BCUT2D eigenvalue weighted by molar-refractivity contribution is 0.0762. The highest BCUT2D eigenvalue weighted by atomic mass is 16.2. The van der Waals surface area contributed by atoms with E-state index in [1.807, 2.05) is 48.4 Å². The number of imidazole rings is 1. The van der Waals surface area contributed by atoms with Crippen LogP contribution in [0.3, 0.4) is 0 Å². The van der Waals surface area contributed by atoms with Crippen molar-refractivity contribution in [2.45, 2.75) is 40.2 Å². The molecular weight excluding hydrogens is 414 g/mol. The highest BCUT2D eigenvalue weighted by molar-refractivity contribution is 5.94. The molecule has 1 aromatic carbocycles. The van der Waals surface area contributed by atoms with Crippen LogP contribution >= 0.6 is 0 Å². The summed E-state index contributed by atoms with van der Waals surface area (Å²) in [5.74, 6) is 1.56. The molecule has 174 valence electrons. The van der Waals surface area contributed by atoms with Gasteiger partial charge in [-0.15, -0.1) is 0 Å². The maximum absolute atomic E-state index is 13.0. The van der Waals surface area contributed by atoms with Gasteiger partial charge in [0.1, 0.15) is 5.82 Å². The number of carbonyl (C=O) groups is 1. The first kappa shape index (κ1) is 22.9. The number of rotatable bonds is 6. The van der Waals surface area contributed by atoms with Crippen LogP contribution in [-0.4, -0.2) is 67.9 Å². The molecule has 2 aromatic heterocycles. The Labute approximate surface area is 195 Å². The van der Waals surface area contributed by atoms with Gasteiger partial charge < -0.3 is 19.7 Å². The Hall–Kier alpha value is -3.26. The van der Waals surface area contributed by atoms with E-state index in [0.29, 0.717) is 11.5 Å². The Bertz CT molecular complexity index is 1090. The predicted molar refractivity (Wildman–Crippen MR) is 131 cm³/mol. The molecule has 0 spiro atoms. The van der Waals surface area contributed by atoms with Crippen LogP contribution in [0.25, 0.3) is 11.4 Å². The molecule has 8 nitrogen and oxygen atoms in total. The summed E-state index contributed by atoms with van der Waals surface area (Å²) in [6, 6.07) is 9.73. The van der Waals surface area contributed by atoms with Gasteiger partial charge in [-0.05, 0) is 70.6 Å². The van der Waals surface area contributed by atoms with Crippen molar-refractivity contribution >= 4 is 17.5 Å². The van der Waals surface area contributed by atoms with E-state index in [0.717, 1.165) is 62.0 Å². The summed E-state index contributed by atoms with van der Waals surface area (Å²) in [6.07, 6.45) is 4.61. The molecule has 0 unspecified atom stereocenters. The molecule has 4 rings (SSSR count). The van der Waals surface area contributed by atoms with Crippen molar-refractivity contribution in [3.8, 4) is 11.4 Å². The van der Waals surface area contributed by atoms with E-state index in [2.05, 4.69) is 50.5 Å². The zero-order valence-corrected chi connectivity index (χ0v) is 20.0. The SMILES string of the molecule is CCN1CCCN(C(=O)c2ccc(Nc3nccc(-c4cnc(C)n4C(C)C)n3)cc2)CC1. The maximum atomic E-state index is 13.0. The van der Waals surface area contributed by atoms with Crippen molar-refractivity contribution in [1.29, 1.82) is 0 Å². The van der Waals surface area contributed by atoms with Gasteiger partial charge >= 0.3 is 0 Å². The molecule has 0 bridgehead atoms. The van der Waals surface area contributed by atoms with E-state index in [-0.39, 0.29) is 11.9 Å². The van der Waals surface area contributed by atoms with Crippen LogP contribution in [0.4, 0.5) is 11.6 Å². The zero-order valence-electron chi connectivity index (χ0n) is 20.0. The second-order valence-corrected chi connectivity index (χ2v) is 8.70. The fourth-order valence-electron chi connectivity index (χ4n) is 4.35. The minimum absolute atomic E-state index is 0.0927. The second kappa shape index (κ2) is 10.1. The van der Waals surface area contributed by atoms with Gasteiger partial charge in [-0.1, -0.05) is 6.92 Å². The lowest BCUT2D eigenvalue weighted by Gasteiger charge is -2.21. The van der Waals surface area contributed by atoms with Crippen LogP contribution in [0, 0.1) is 6.92 Å². The summed E-state index contributed by atoms with van der Waals surface area (Å²) in [4.78, 5) is 30.8. The number of aromatic nitrogens is 4. The topological polar surface area (TPSA) is 79.2 Å². The van der Waals surface area contributed by atoms with E-state index in [4.69, 9.17) is 0 Å². The number of nitrogens with zero attached hydrogens (tertiary/aromatic N) is 6. The second-order valence-electron chi connectivity index (χ2n) is 8.70. The summed E-state index contributed by atoms with van der Waals surface area (Å²) in [6.45, 7) is 13.0. The lowest BCUT2D eigenvalue weighted by atomic mass is 10.1. The molecule has 3 heterocycles. The summed E-state index contributed by atoms with van der Waals surface area (Å²) >= 11 is 0. The molecule has 1 fully saturated rings. The number of hydrogen-bond donors (Lipinski definition) is 1. The number of amides is 1. The minimum atomic E-state index is 0.0927. The molecule has 1 amide bonds. The molecule has 0 radical (unpaired) electrons. The van der Waals surface area contributed by atoms with Crippen molar-refractivity contribution in [3.05, 3.63) is 54.1 Å². The monoisotopic (exact) mass is 447 g/mol. The summed E-state index contributed by atoms with van der Waals surface area (Å²) in [5, 5.41) is 3.26. The number of anilines is 2. The molecule has 0 saturated carbocycles. The molecule has 1 saturated heterocycles. The number of carbonyl (C=O) groups excluding carboxylic acids is 1. The standard InChI is InChI=1S/C25H33N7O/c1-5-30-13-6-14-31(16-15-30)24(33)20-7-9-21(10-8-20)28-25-26-12-11-22(29-25)23-17-27-19(4)32(23)18(2)3/h7-12,17-18H,5-6,13-16H2,1-4H3,(H,26,28,29). The Morgan fingerprint density at radius 2 is 1.85 bits per heavy atom. The van der Waals surface area contributed by atoms with E-state index in [9.17, 15) is 4.79 Å². The summed E-state index contributed by atoms with van der Waals surface area (Å²) in [5.41, 5.74) is 3.32. The average molecular weight is 448 g/mol. The molecule has 3 aromatic rings. The highest BCUT2D eigenvalue weighted by Crippen LogP contribution is 2.24. The van der Waals surface area contributed by atoms with Gasteiger partial charge in [-0.3, -0.25) is 4.79 Å². The van der Waals surface area contributed by atoms with Gasteiger partial charge in [0.2, 0.25) is 5.95 Å². The van der Waals surface area contributed by atoms with E-state index in [1.165, 1.54) is 0 Å². The number of benzene rings is 1. The Kier molecular flexibility index (Phi) is 7.03. The number of nitrogens with one attached hydrogen (secondary N) is 1. The van der Waals surface area contributed by atoms with Crippen LogP contribution in [-0.2, 0) is 0 Å². The van der Waals surface area contributed by atoms with Crippen molar-refractivity contribution in [1.82, 2.24) is 29.3 Å². The number of likely N-dealkylation sites (N-methyl/N-ethyl adjacent to an activating group) is 1. The number of hydrogen-bond acceptors (Lipinski definition) is 6. The van der Waals surface area contributed by atoms with Gasteiger partial charge in [-0.2, -0.15) is 0 Å². The fourth-order valence-corrected chi connectivity index (χ4v) is 4.35. The molecule has 8 heteroatoms. The fraction of sp³-hybridized carbons (Fsp3) is 0.440. The maximum Gasteiger partial charge on any atom is 0.253 e. The lowest BCUT2D eigenvalue weighted by Crippen LogP contribution is -2.35. The van der Waals surface area contributed by atoms with Crippen LogP contribution in [0.1, 0.15) is 49.4 Å². The van der Waals surface area contributed by atoms with Crippen LogP contribution < -0.4 is 5.32 Å². The van der Waals surface area contributed by atoms with Gasteiger partial charge in [0.05, 0.1) is 17.6 Å². The first-order valence-corrected chi connectivity index (χ1v) is 11.7. The van der Waals surface area contributed by atoms with Crippen molar-refractivity contribution in [3.63, 3.8) is 0 Å². The van der Waals surface area contributed by atoms with Crippen LogP contribution in [0.2, 0.25) is 0 Å². The molecule has 1 aliphatic heterocycles. The minimum Gasteiger partial charge on any atom is -0.337 e. The van der Waals surface area contributed by atoms with E-state index in [1.54, 1.807) is 6.20 Å². The molecule has 33 heavy (non-hydrogen) atoms. The largest absolute Gasteiger partial charge is 0.337 e. The Balaban J connectivity index is 1.46. The van der Waals surface area contributed by atoms with Crippen LogP contribution in [0.15, 0.2) is 42.7 Å². The van der Waals surface area contributed by atoms with E-state index < -0.39 is 0 Å². The Morgan fingerprint density at radius 1 is 1.06 bits per heavy atom. The summed E-state index contributed by atoms with van der Waals surface area (Å²) < 4.78 is 2.16. The van der Waals surface area contributed by atoms with Crippen molar-refractivity contribution in [2.75, 3.05) is 38.0 Å². The normalized spacial score (nSPS) is 15.0. The molecule has 1 aliphatic rings. The van der Waals surface area contributed by atoms with Crippen LogP contribution in [0.5, 0.6) is 0 Å². The molecule has 0 aliphatic carbocycles. The van der Waals surface area contributed by atoms with Gasteiger partial charge in [0, 0.05) is 43.1 Å². The van der Waals surface area contributed by atoms with E-state index >= 15 is 0 Å².